The molecule has 0 spiro atoms. The molecule has 0 saturated carbocycles. The Bertz CT molecular complexity index is 466. The lowest BCUT2D eigenvalue weighted by Gasteiger charge is -2.05. The molecule has 4 nitrogen and oxygen atoms in total. The number of guanidine groups is 1. The molecular formula is C13H19N3OS. The monoisotopic (exact) mass is 265 g/mol. The summed E-state index contributed by atoms with van der Waals surface area (Å²) in [5, 5.41) is 2.96. The third-order valence-electron chi connectivity index (χ3n) is 2.26. The number of nitrogens with two attached hydrogens (primary N) is 1. The van der Waals surface area contributed by atoms with Crippen LogP contribution in [0.3, 0.4) is 0 Å². The summed E-state index contributed by atoms with van der Waals surface area (Å²) in [4.78, 5) is 5.02. The Hall–Kier alpha value is -1.62. The summed E-state index contributed by atoms with van der Waals surface area (Å²) in [5.41, 5.74) is 7.73. The van der Waals surface area contributed by atoms with E-state index in [0.717, 1.165) is 16.0 Å². The molecule has 0 fully saturated rings. The molecule has 0 aliphatic heterocycles. The predicted octanol–water partition coefficient (Wildman–Crippen LogP) is 1.40. The van der Waals surface area contributed by atoms with Crippen LogP contribution in [0.15, 0.2) is 46.3 Å². The Balaban J connectivity index is 2.54. The zero-order chi connectivity index (χ0) is 13.5. The Morgan fingerprint density at radius 2 is 2.06 bits per heavy atom. The maximum absolute atomic E-state index is 11.2. The SMILES string of the molecule is C=C(C)CNC(N)=NCc1ccc(S(C)=O)cc1. The van der Waals surface area contributed by atoms with Crippen molar-refractivity contribution in [3.63, 3.8) is 0 Å². The van der Waals surface area contributed by atoms with E-state index in [4.69, 9.17) is 5.73 Å². The van der Waals surface area contributed by atoms with E-state index in [0.29, 0.717) is 19.0 Å². The topological polar surface area (TPSA) is 67.5 Å². The molecule has 0 radical (unpaired) electrons. The first-order valence-electron chi connectivity index (χ1n) is 5.59. The van der Waals surface area contributed by atoms with Crippen molar-refractivity contribution in [3.8, 4) is 0 Å². The highest BCUT2D eigenvalue weighted by Gasteiger charge is 1.97. The molecule has 1 rings (SSSR count). The molecule has 0 aliphatic carbocycles. The highest BCUT2D eigenvalue weighted by Crippen LogP contribution is 2.08. The maximum atomic E-state index is 11.2. The van der Waals surface area contributed by atoms with Crippen molar-refractivity contribution >= 4 is 16.8 Å². The fourth-order valence-corrected chi connectivity index (χ4v) is 1.78. The fourth-order valence-electron chi connectivity index (χ4n) is 1.26. The van der Waals surface area contributed by atoms with Crippen molar-refractivity contribution in [1.29, 1.82) is 0 Å². The number of nitrogens with zero attached hydrogens (tertiary/aromatic N) is 1. The molecule has 3 N–H and O–H groups in total. The van der Waals surface area contributed by atoms with E-state index in [1.165, 1.54) is 0 Å². The number of aliphatic imine (C=N–C) groups is 1. The van der Waals surface area contributed by atoms with Crippen LogP contribution in [0.1, 0.15) is 12.5 Å². The molecule has 0 saturated heterocycles. The zero-order valence-corrected chi connectivity index (χ0v) is 11.6. The van der Waals surface area contributed by atoms with Crippen LogP contribution in [0.2, 0.25) is 0 Å². The summed E-state index contributed by atoms with van der Waals surface area (Å²) in [5.74, 6) is 0.404. The summed E-state index contributed by atoms with van der Waals surface area (Å²) >= 11 is 0. The van der Waals surface area contributed by atoms with Gasteiger partial charge in [-0.2, -0.15) is 0 Å². The normalized spacial score (nSPS) is 13.1. The number of nitrogens with one attached hydrogen (secondary N) is 1. The molecule has 0 aromatic heterocycles. The van der Waals surface area contributed by atoms with Gasteiger partial charge in [0.05, 0.1) is 6.54 Å². The van der Waals surface area contributed by atoms with Gasteiger partial charge in [0.2, 0.25) is 0 Å². The lowest BCUT2D eigenvalue weighted by molar-refractivity contribution is 0.687. The van der Waals surface area contributed by atoms with Crippen molar-refractivity contribution in [3.05, 3.63) is 42.0 Å². The van der Waals surface area contributed by atoms with Crippen LogP contribution in [0.4, 0.5) is 0 Å². The first-order valence-corrected chi connectivity index (χ1v) is 7.15. The average molecular weight is 265 g/mol. The summed E-state index contributed by atoms with van der Waals surface area (Å²) in [7, 11) is -0.941. The first-order chi connectivity index (χ1) is 8.49. The van der Waals surface area contributed by atoms with Crippen molar-refractivity contribution in [2.24, 2.45) is 10.7 Å². The predicted molar refractivity (Wildman–Crippen MR) is 76.9 cm³/mol. The molecule has 1 aromatic rings. The van der Waals surface area contributed by atoms with Crippen molar-refractivity contribution in [1.82, 2.24) is 5.32 Å². The van der Waals surface area contributed by atoms with Gasteiger partial charge >= 0.3 is 0 Å². The van der Waals surface area contributed by atoms with E-state index >= 15 is 0 Å². The van der Waals surface area contributed by atoms with Crippen molar-refractivity contribution in [2.45, 2.75) is 18.4 Å². The Kier molecular flexibility index (Phi) is 5.58. The average Bonchev–Trinajstić information content (AvgIpc) is 2.34. The quantitative estimate of drug-likeness (QED) is 0.480. The van der Waals surface area contributed by atoms with Gasteiger partial charge in [0, 0.05) is 28.5 Å². The third kappa shape index (κ3) is 5.14. The van der Waals surface area contributed by atoms with Crippen LogP contribution in [0.5, 0.6) is 0 Å². The van der Waals surface area contributed by atoms with Gasteiger partial charge in [-0.15, -0.1) is 0 Å². The Morgan fingerprint density at radius 1 is 1.44 bits per heavy atom. The van der Waals surface area contributed by atoms with Crippen LogP contribution in [0.25, 0.3) is 0 Å². The van der Waals surface area contributed by atoms with E-state index in [1.54, 1.807) is 6.26 Å². The Morgan fingerprint density at radius 3 is 2.56 bits per heavy atom. The minimum atomic E-state index is -0.941. The zero-order valence-electron chi connectivity index (χ0n) is 10.8. The number of hydrogen-bond acceptors (Lipinski definition) is 2. The third-order valence-corrected chi connectivity index (χ3v) is 3.19. The molecule has 1 aromatic carbocycles. The highest BCUT2D eigenvalue weighted by atomic mass is 32.2. The van der Waals surface area contributed by atoms with Gasteiger partial charge in [-0.25, -0.2) is 4.99 Å². The van der Waals surface area contributed by atoms with E-state index < -0.39 is 10.8 Å². The number of benzene rings is 1. The molecule has 1 atom stereocenters. The van der Waals surface area contributed by atoms with Crippen LogP contribution in [0, 0.1) is 0 Å². The van der Waals surface area contributed by atoms with E-state index in [-0.39, 0.29) is 0 Å². The van der Waals surface area contributed by atoms with Crippen molar-refractivity contribution in [2.75, 3.05) is 12.8 Å². The molecule has 1 unspecified atom stereocenters. The lowest BCUT2D eigenvalue weighted by atomic mass is 10.2. The number of rotatable bonds is 5. The minimum Gasteiger partial charge on any atom is -0.370 e. The van der Waals surface area contributed by atoms with Gasteiger partial charge in [-0.1, -0.05) is 24.3 Å². The van der Waals surface area contributed by atoms with Crippen LogP contribution >= 0.6 is 0 Å². The maximum Gasteiger partial charge on any atom is 0.189 e. The van der Waals surface area contributed by atoms with Crippen molar-refractivity contribution < 1.29 is 4.21 Å². The van der Waals surface area contributed by atoms with Gasteiger partial charge in [0.15, 0.2) is 5.96 Å². The molecular weight excluding hydrogens is 246 g/mol. The van der Waals surface area contributed by atoms with Gasteiger partial charge < -0.3 is 11.1 Å². The fraction of sp³-hybridized carbons (Fsp3) is 0.308. The molecule has 98 valence electrons. The van der Waals surface area contributed by atoms with Crippen LogP contribution in [-0.2, 0) is 17.3 Å². The lowest BCUT2D eigenvalue weighted by Crippen LogP contribution is -2.32. The second-order valence-electron chi connectivity index (χ2n) is 4.11. The van der Waals surface area contributed by atoms with E-state index in [9.17, 15) is 4.21 Å². The highest BCUT2D eigenvalue weighted by molar-refractivity contribution is 7.84. The number of hydrogen-bond donors (Lipinski definition) is 2. The second-order valence-corrected chi connectivity index (χ2v) is 5.49. The summed E-state index contributed by atoms with van der Waals surface area (Å²) in [6, 6.07) is 7.51. The summed E-state index contributed by atoms with van der Waals surface area (Å²) < 4.78 is 11.2. The summed E-state index contributed by atoms with van der Waals surface area (Å²) in [6.07, 6.45) is 1.66. The molecule has 0 aliphatic rings. The molecule has 0 amide bonds. The standard InChI is InChI=1S/C13H19N3OS/c1-10(2)8-15-13(14)16-9-11-4-6-12(7-5-11)18(3)17/h4-7H,1,8-9H2,2-3H3,(H3,14,15,16). The summed E-state index contributed by atoms with van der Waals surface area (Å²) in [6.45, 7) is 6.82. The van der Waals surface area contributed by atoms with Gasteiger partial charge in [0.1, 0.15) is 0 Å². The molecule has 0 heterocycles. The minimum absolute atomic E-state index is 0.404. The molecule has 5 heteroatoms. The van der Waals surface area contributed by atoms with Gasteiger partial charge in [-0.05, 0) is 24.6 Å². The van der Waals surface area contributed by atoms with Crippen LogP contribution in [-0.4, -0.2) is 23.0 Å². The first kappa shape index (κ1) is 14.4. The molecule has 18 heavy (non-hydrogen) atoms. The smallest absolute Gasteiger partial charge is 0.189 e. The van der Waals surface area contributed by atoms with Gasteiger partial charge in [0.25, 0.3) is 0 Å². The molecule has 0 bridgehead atoms. The van der Waals surface area contributed by atoms with E-state index in [1.807, 2.05) is 31.2 Å². The Labute approximate surface area is 110 Å². The largest absolute Gasteiger partial charge is 0.370 e. The van der Waals surface area contributed by atoms with Gasteiger partial charge in [-0.3, -0.25) is 4.21 Å². The van der Waals surface area contributed by atoms with E-state index in [2.05, 4.69) is 16.9 Å². The van der Waals surface area contributed by atoms with Crippen LogP contribution < -0.4 is 11.1 Å². The second kappa shape index (κ2) is 6.96.